The van der Waals surface area contributed by atoms with Crippen molar-refractivity contribution in [3.8, 4) is 34.5 Å². The van der Waals surface area contributed by atoms with Crippen molar-refractivity contribution in [2.45, 2.75) is 0 Å². The molecule has 0 atom stereocenters. The van der Waals surface area contributed by atoms with Crippen LogP contribution in [0, 0.1) is 0 Å². The molecule has 98 valence electrons. The molecule has 0 saturated carbocycles. The summed E-state index contributed by atoms with van der Waals surface area (Å²) < 4.78 is 10.9. The lowest BCUT2D eigenvalue weighted by molar-refractivity contribution is 0.321. The minimum absolute atomic E-state index is 0.0217. The molecule has 2 N–H and O–H groups in total. The summed E-state index contributed by atoms with van der Waals surface area (Å²) in [5.74, 6) is -0.253. The number of phenols is 2. The number of ether oxygens (including phenoxy) is 2. The van der Waals surface area contributed by atoms with E-state index < -0.39 is 5.75 Å². The van der Waals surface area contributed by atoms with Crippen LogP contribution in [-0.2, 0) is 0 Å². The van der Waals surface area contributed by atoms with Crippen LogP contribution in [-0.4, -0.2) is 10.2 Å². The van der Waals surface area contributed by atoms with Crippen molar-refractivity contribution < 1.29 is 19.7 Å². The van der Waals surface area contributed by atoms with Gasteiger partial charge in [-0.3, -0.25) is 0 Å². The molecule has 0 aliphatic carbocycles. The molecule has 3 rings (SSSR count). The molecular formula is C12H5Cl3O4. The molecule has 1 aliphatic heterocycles. The van der Waals surface area contributed by atoms with Gasteiger partial charge in [-0.2, -0.15) is 0 Å². The first-order valence-electron chi connectivity index (χ1n) is 5.07. The van der Waals surface area contributed by atoms with Crippen molar-refractivity contribution in [1.29, 1.82) is 0 Å². The van der Waals surface area contributed by atoms with Crippen LogP contribution in [0.4, 0.5) is 0 Å². The Morgan fingerprint density at radius 2 is 1.53 bits per heavy atom. The molecule has 0 fully saturated rings. The summed E-state index contributed by atoms with van der Waals surface area (Å²) in [6, 6.07) is 4.57. The fourth-order valence-corrected chi connectivity index (χ4v) is 2.31. The molecule has 19 heavy (non-hydrogen) atoms. The van der Waals surface area contributed by atoms with Crippen LogP contribution in [0.3, 0.4) is 0 Å². The average Bonchev–Trinajstić information content (AvgIpc) is 2.42. The van der Waals surface area contributed by atoms with Gasteiger partial charge in [0.1, 0.15) is 10.0 Å². The number of fused-ring (bicyclic) bond motifs is 2. The minimum Gasteiger partial charge on any atom is -0.504 e. The highest BCUT2D eigenvalue weighted by Gasteiger charge is 2.30. The first-order chi connectivity index (χ1) is 9.00. The minimum atomic E-state index is -0.403. The van der Waals surface area contributed by atoms with Crippen molar-refractivity contribution in [2.75, 3.05) is 0 Å². The molecule has 2 aromatic rings. The zero-order valence-electron chi connectivity index (χ0n) is 9.08. The molecule has 0 radical (unpaired) electrons. The Kier molecular flexibility index (Phi) is 2.82. The van der Waals surface area contributed by atoms with Crippen molar-refractivity contribution in [3.05, 3.63) is 33.3 Å². The highest BCUT2D eigenvalue weighted by molar-refractivity contribution is 6.49. The largest absolute Gasteiger partial charge is 0.504 e. The fourth-order valence-electron chi connectivity index (χ4n) is 1.69. The highest BCUT2D eigenvalue weighted by Crippen LogP contribution is 2.59. The summed E-state index contributed by atoms with van der Waals surface area (Å²) in [7, 11) is 0. The van der Waals surface area contributed by atoms with Gasteiger partial charge in [0.05, 0.1) is 5.02 Å². The normalized spacial score (nSPS) is 12.2. The van der Waals surface area contributed by atoms with E-state index in [1.165, 1.54) is 6.07 Å². The summed E-state index contributed by atoms with van der Waals surface area (Å²) in [5, 5.41) is 19.4. The summed E-state index contributed by atoms with van der Waals surface area (Å²) in [5.41, 5.74) is 0. The number of hydrogen-bond acceptors (Lipinski definition) is 4. The zero-order chi connectivity index (χ0) is 13.7. The Morgan fingerprint density at radius 1 is 0.789 bits per heavy atom. The highest BCUT2D eigenvalue weighted by atomic mass is 35.5. The monoisotopic (exact) mass is 318 g/mol. The van der Waals surface area contributed by atoms with Gasteiger partial charge in [0, 0.05) is 0 Å². The van der Waals surface area contributed by atoms with E-state index in [1.54, 1.807) is 12.1 Å². The lowest BCUT2D eigenvalue weighted by Gasteiger charge is -2.23. The number of benzene rings is 2. The third kappa shape index (κ3) is 1.75. The van der Waals surface area contributed by atoms with E-state index >= 15 is 0 Å². The van der Waals surface area contributed by atoms with Gasteiger partial charge in [0.25, 0.3) is 0 Å². The third-order valence-electron chi connectivity index (χ3n) is 2.59. The van der Waals surface area contributed by atoms with Gasteiger partial charge >= 0.3 is 0 Å². The SMILES string of the molecule is Oc1cccc2c1Oc1c(O)c(Cl)c(Cl)c(Cl)c1O2. The van der Waals surface area contributed by atoms with Crippen LogP contribution in [0.15, 0.2) is 18.2 Å². The summed E-state index contributed by atoms with van der Waals surface area (Å²) in [6.45, 7) is 0. The lowest BCUT2D eigenvalue weighted by atomic mass is 10.2. The zero-order valence-corrected chi connectivity index (χ0v) is 11.3. The fraction of sp³-hybridized carbons (Fsp3) is 0. The summed E-state index contributed by atoms with van der Waals surface area (Å²) in [4.78, 5) is 0. The van der Waals surface area contributed by atoms with Crippen molar-refractivity contribution >= 4 is 34.8 Å². The van der Waals surface area contributed by atoms with Crippen molar-refractivity contribution in [3.63, 3.8) is 0 Å². The van der Waals surface area contributed by atoms with Gasteiger partial charge in [0.15, 0.2) is 23.0 Å². The molecule has 4 nitrogen and oxygen atoms in total. The van der Waals surface area contributed by atoms with E-state index in [2.05, 4.69) is 0 Å². The quantitative estimate of drug-likeness (QED) is 0.575. The Morgan fingerprint density at radius 3 is 2.26 bits per heavy atom. The van der Waals surface area contributed by atoms with E-state index in [0.717, 1.165) is 0 Å². The molecule has 7 heteroatoms. The topological polar surface area (TPSA) is 58.9 Å². The van der Waals surface area contributed by atoms with Gasteiger partial charge in [-0.15, -0.1) is 0 Å². The van der Waals surface area contributed by atoms with Crippen LogP contribution in [0.25, 0.3) is 0 Å². The third-order valence-corrected chi connectivity index (χ3v) is 3.89. The van der Waals surface area contributed by atoms with Crippen LogP contribution in [0.1, 0.15) is 0 Å². The second kappa shape index (κ2) is 4.27. The number of phenolic OH excluding ortho intramolecular Hbond substituents is 2. The van der Waals surface area contributed by atoms with E-state index in [-0.39, 0.29) is 43.8 Å². The summed E-state index contributed by atoms with van der Waals surface area (Å²) >= 11 is 17.7. The van der Waals surface area contributed by atoms with E-state index in [4.69, 9.17) is 44.3 Å². The van der Waals surface area contributed by atoms with E-state index in [0.29, 0.717) is 0 Å². The Labute approximate surface area is 122 Å². The van der Waals surface area contributed by atoms with Gasteiger partial charge < -0.3 is 19.7 Å². The first kappa shape index (κ1) is 12.5. The van der Waals surface area contributed by atoms with Crippen LogP contribution in [0.5, 0.6) is 34.5 Å². The molecule has 0 unspecified atom stereocenters. The first-order valence-corrected chi connectivity index (χ1v) is 6.21. The second-order valence-electron chi connectivity index (χ2n) is 3.76. The number of rotatable bonds is 0. The van der Waals surface area contributed by atoms with Gasteiger partial charge in [-0.1, -0.05) is 40.9 Å². The van der Waals surface area contributed by atoms with Crippen molar-refractivity contribution in [1.82, 2.24) is 0 Å². The summed E-state index contributed by atoms with van der Waals surface area (Å²) in [6.07, 6.45) is 0. The van der Waals surface area contributed by atoms with Crippen LogP contribution < -0.4 is 9.47 Å². The van der Waals surface area contributed by atoms with Gasteiger partial charge in [-0.25, -0.2) is 0 Å². The Balaban J connectivity index is 2.26. The molecule has 1 aliphatic rings. The maximum Gasteiger partial charge on any atom is 0.215 e. The molecule has 0 amide bonds. The molecule has 0 bridgehead atoms. The number of hydrogen-bond donors (Lipinski definition) is 2. The molecule has 0 saturated heterocycles. The van der Waals surface area contributed by atoms with Crippen LogP contribution >= 0.6 is 34.8 Å². The van der Waals surface area contributed by atoms with Gasteiger partial charge in [0.2, 0.25) is 11.5 Å². The Hall–Kier alpha value is -1.49. The Bertz CT molecular complexity index is 700. The standard InChI is InChI=1S/C12H5Cl3O4/c13-6-7(14)9(17)12-11(8(6)15)18-5-3-1-2-4(16)10(5)19-12/h1-3,16-17H. The second-order valence-corrected chi connectivity index (χ2v) is 4.89. The van der Waals surface area contributed by atoms with E-state index in [9.17, 15) is 10.2 Å². The number of para-hydroxylation sites is 1. The predicted molar refractivity (Wildman–Crippen MR) is 71.4 cm³/mol. The molecule has 1 heterocycles. The van der Waals surface area contributed by atoms with Crippen molar-refractivity contribution in [2.24, 2.45) is 0 Å². The number of halogens is 3. The van der Waals surface area contributed by atoms with E-state index in [1.807, 2.05) is 0 Å². The van der Waals surface area contributed by atoms with Crippen LogP contribution in [0.2, 0.25) is 15.1 Å². The molecule has 0 spiro atoms. The smallest absolute Gasteiger partial charge is 0.215 e. The molecule has 0 aromatic heterocycles. The molecular weight excluding hydrogens is 314 g/mol. The average molecular weight is 320 g/mol. The maximum absolute atomic E-state index is 9.90. The maximum atomic E-state index is 9.90. The predicted octanol–water partition coefficient (Wildman–Crippen LogP) is 4.96. The van der Waals surface area contributed by atoms with Gasteiger partial charge in [-0.05, 0) is 12.1 Å². The molecule has 2 aromatic carbocycles. The lowest BCUT2D eigenvalue weighted by Crippen LogP contribution is -2.00. The number of aromatic hydroxyl groups is 2.